The second-order valence-corrected chi connectivity index (χ2v) is 33.2. The van der Waals surface area contributed by atoms with Crippen molar-refractivity contribution < 1.29 is 66.8 Å². The van der Waals surface area contributed by atoms with Crippen molar-refractivity contribution in [2.24, 2.45) is 0 Å². The maximum atomic E-state index is 14.5. The van der Waals surface area contributed by atoms with Crippen LogP contribution < -0.4 is 66.8 Å². The van der Waals surface area contributed by atoms with Crippen LogP contribution in [0.2, 0.25) is 0 Å². The molecule has 31 heteroatoms. The minimum atomic E-state index is -0.809. The molecule has 10 aromatic rings. The van der Waals surface area contributed by atoms with Crippen molar-refractivity contribution in [2.75, 3.05) is 69.0 Å². The molecule has 0 saturated heterocycles. The lowest BCUT2D eigenvalue weighted by Crippen LogP contribution is -2.28. The van der Waals surface area contributed by atoms with Crippen LogP contribution in [0.3, 0.4) is 0 Å². The van der Waals surface area contributed by atoms with Crippen LogP contribution in [0.25, 0.3) is 0 Å². The fourth-order valence-corrected chi connectivity index (χ4v) is 14.5. The Balaban J connectivity index is 0.821. The maximum Gasteiger partial charge on any atom is 0.413 e. The van der Waals surface area contributed by atoms with Crippen LogP contribution in [0.4, 0.5) is 51.3 Å². The molecule has 0 spiro atoms. The van der Waals surface area contributed by atoms with Gasteiger partial charge < -0.3 is 66.2 Å². The Kier molecular flexibility index (Phi) is 44.2. The van der Waals surface area contributed by atoms with E-state index in [-0.39, 0.29) is 141 Å². The number of aromatic nitrogens is 8. The molecule has 0 aliphatic heterocycles. The zero-order chi connectivity index (χ0) is 95.4. The van der Waals surface area contributed by atoms with Gasteiger partial charge in [-0.05, 0) is 92.3 Å². The number of pyridine rings is 8. The summed E-state index contributed by atoms with van der Waals surface area (Å²) >= 11 is 0. The summed E-state index contributed by atoms with van der Waals surface area (Å²) in [6, 6.07) is 47.9. The largest absolute Gasteiger partial charge is 0.493 e. The van der Waals surface area contributed by atoms with Crippen LogP contribution in [0, 0.1) is 0 Å². The van der Waals surface area contributed by atoms with E-state index in [0.29, 0.717) is 26.1 Å². The lowest BCUT2D eigenvalue weighted by Gasteiger charge is -2.15. The Labute approximate surface area is 791 Å². The van der Waals surface area contributed by atoms with E-state index >= 15 is 0 Å². The zero-order valence-electron chi connectivity index (χ0n) is 78.4. The molecule has 1 atom stereocenters. The summed E-state index contributed by atoms with van der Waals surface area (Å²) in [6.45, 7) is 11.8. The number of nitrogens with one attached hydrogen (secondary N) is 9. The van der Waals surface area contributed by atoms with Gasteiger partial charge in [-0.2, -0.15) is 0 Å². The highest BCUT2D eigenvalue weighted by Gasteiger charge is 2.25. The summed E-state index contributed by atoms with van der Waals surface area (Å²) in [7, 11) is 0. The lowest BCUT2D eigenvalue weighted by molar-refractivity contribution is 0.0930. The number of ether oxygens (including phenoxy) is 5. The summed E-state index contributed by atoms with van der Waals surface area (Å²) in [5, 5.41) is 24.6. The number of unbranched alkanes of at least 4 members (excludes halogenated alkanes) is 28. The molecule has 135 heavy (non-hydrogen) atoms. The summed E-state index contributed by atoms with van der Waals surface area (Å²) < 4.78 is 30.1. The third-order valence-corrected chi connectivity index (χ3v) is 21.9. The highest BCUT2D eigenvalue weighted by Crippen LogP contribution is 2.28. The summed E-state index contributed by atoms with van der Waals surface area (Å²) in [6.07, 6.45) is 33.2. The maximum absolute atomic E-state index is 14.5. The molecule has 714 valence electrons. The molecule has 0 aliphatic carbocycles. The molecule has 0 fully saturated rings. The van der Waals surface area contributed by atoms with Crippen LogP contribution in [0.1, 0.15) is 341 Å². The molecule has 8 heterocycles. The van der Waals surface area contributed by atoms with Crippen LogP contribution in [-0.4, -0.2) is 120 Å². The predicted octanol–water partition coefficient (Wildman–Crippen LogP) is 22.9. The van der Waals surface area contributed by atoms with Gasteiger partial charge in [0.1, 0.15) is 122 Å². The number of nitrogens with zero attached hydrogens (tertiary/aromatic N) is 8. The third-order valence-electron chi connectivity index (χ3n) is 21.9. The highest BCUT2D eigenvalue weighted by molar-refractivity contribution is 6.10. The standard InChI is InChI=1S/C104H129N17O14/c1-6-10-14-18-22-26-30-40-60-131-76-64-80(96(122)105-73(5)75-50-38-35-39-51-75)106-81(65-76)97(123)114-88-52-44-53-89(110-88)115-98(124)82-66-77(132-61-41-31-27-23-19-15-11-7-2)67-83(107-82)99(125)116-90-54-45-55-91(111-90)117-100(126)84-68-78(133-62-42-32-28-24-20-16-12-8-3)69-85(108-84)101(127)118-92-56-46-57-93(112-92)119-102(128)86-70-79(134-63-43-33-29-25-21-17-13-9-4)71-87(109-86)103(129)120-94-58-47-59-95(113-94)121-104(130)135-72-74-48-36-34-37-49-74/h34-39,44-59,64-71,73H,6-33,40-43,60-63,72H2,1-5H3,(H,105,122)(H2,110,114,115,123,124)(H2,111,116,117,125,126)(H2,112,118,119,127,128)(H2,113,120,121,129,130)/t73-/m1/s1. The molecule has 10 rings (SSSR count). The quantitative estimate of drug-likeness (QED) is 0.0160. The van der Waals surface area contributed by atoms with E-state index in [4.69, 9.17) is 23.7 Å². The predicted molar refractivity (Wildman–Crippen MR) is 525 cm³/mol. The Morgan fingerprint density at radius 1 is 0.244 bits per heavy atom. The molecule has 0 aliphatic rings. The van der Waals surface area contributed by atoms with Crippen LogP contribution in [0.5, 0.6) is 23.0 Å². The Bertz CT molecular complexity index is 5460. The monoisotopic (exact) mass is 1840 g/mol. The van der Waals surface area contributed by atoms with E-state index in [0.717, 1.165) is 140 Å². The summed E-state index contributed by atoms with van der Waals surface area (Å²) in [4.78, 5) is 163. The minimum Gasteiger partial charge on any atom is -0.493 e. The molecule has 0 radical (unpaired) electrons. The van der Waals surface area contributed by atoms with Gasteiger partial charge in [0, 0.05) is 48.5 Å². The van der Waals surface area contributed by atoms with Gasteiger partial charge >= 0.3 is 6.09 Å². The van der Waals surface area contributed by atoms with Crippen molar-refractivity contribution in [3.05, 3.63) is 239 Å². The van der Waals surface area contributed by atoms with E-state index in [1.54, 1.807) is 18.2 Å². The Hall–Kier alpha value is -14.1. The van der Waals surface area contributed by atoms with E-state index in [1.807, 2.05) is 67.6 Å². The average molecular weight is 1840 g/mol. The molecule has 2 aromatic carbocycles. The second kappa shape index (κ2) is 58.0. The second-order valence-electron chi connectivity index (χ2n) is 33.2. The van der Waals surface area contributed by atoms with Crippen molar-refractivity contribution in [1.82, 2.24) is 45.2 Å². The van der Waals surface area contributed by atoms with Gasteiger partial charge in [-0.3, -0.25) is 43.7 Å². The summed E-state index contributed by atoms with van der Waals surface area (Å²) in [5.41, 5.74) is 0.174. The molecule has 0 unspecified atom stereocenters. The Morgan fingerprint density at radius 2 is 0.459 bits per heavy atom. The topological polar surface area (TPSA) is 411 Å². The average Bonchev–Trinajstić information content (AvgIpc) is 0.828. The zero-order valence-corrected chi connectivity index (χ0v) is 78.4. The number of carbonyl (C=O) groups is 9. The van der Waals surface area contributed by atoms with Gasteiger partial charge in [0.25, 0.3) is 47.3 Å². The van der Waals surface area contributed by atoms with E-state index in [1.165, 1.54) is 167 Å². The molecule has 31 nitrogen and oxygen atoms in total. The first-order valence-electron chi connectivity index (χ1n) is 47.9. The number of hydrogen-bond acceptors (Lipinski definition) is 22. The van der Waals surface area contributed by atoms with Gasteiger partial charge in [-0.25, -0.2) is 44.7 Å². The van der Waals surface area contributed by atoms with Crippen molar-refractivity contribution in [2.45, 2.75) is 253 Å². The number of benzene rings is 2. The molecule has 0 saturated carbocycles. The highest BCUT2D eigenvalue weighted by atomic mass is 16.5. The minimum absolute atomic E-state index is 0.00540. The fourth-order valence-electron chi connectivity index (χ4n) is 14.5. The van der Waals surface area contributed by atoms with Crippen molar-refractivity contribution >= 4 is 99.9 Å². The van der Waals surface area contributed by atoms with Crippen LogP contribution >= 0.6 is 0 Å². The first-order valence-corrected chi connectivity index (χ1v) is 47.9. The van der Waals surface area contributed by atoms with Crippen LogP contribution in [0.15, 0.2) is 182 Å². The van der Waals surface area contributed by atoms with Gasteiger partial charge in [0.05, 0.1) is 32.5 Å². The van der Waals surface area contributed by atoms with Crippen molar-refractivity contribution in [3.63, 3.8) is 0 Å². The SMILES string of the molecule is CCCCCCCCCCOc1cc(C(=O)Nc2cccc(NC(=O)OCc3ccccc3)n2)nc(C(=O)Nc2cccc(NC(=O)c3cc(OCCCCCCCCCC)cc(C(=O)Nc4cccc(NC(=O)c5cc(OCCCCCCCCCC)cc(C(=O)Nc6cccc(NC(=O)c7cc(OCCCCCCCCCC)cc(C(=O)N[C@H](C)c8ccccc8)n7)n6)n5)n4)n3)n2)c1. The third kappa shape index (κ3) is 37.5. The molecule has 9 amide bonds. The molecule has 8 aromatic heterocycles. The van der Waals surface area contributed by atoms with E-state index in [9.17, 15) is 43.2 Å². The number of rotatable bonds is 60. The molecular weight excluding hydrogens is 1710 g/mol. The van der Waals surface area contributed by atoms with Gasteiger partial charge in [-0.15, -0.1) is 0 Å². The van der Waals surface area contributed by atoms with Crippen molar-refractivity contribution in [1.29, 1.82) is 0 Å². The van der Waals surface area contributed by atoms with Crippen molar-refractivity contribution in [3.8, 4) is 23.0 Å². The van der Waals surface area contributed by atoms with E-state index < -0.39 is 53.4 Å². The first kappa shape index (κ1) is 103. The number of hydrogen-bond donors (Lipinski definition) is 9. The van der Waals surface area contributed by atoms with E-state index in [2.05, 4.69) is 115 Å². The van der Waals surface area contributed by atoms with Gasteiger partial charge in [-0.1, -0.05) is 292 Å². The lowest BCUT2D eigenvalue weighted by atomic mass is 10.1. The smallest absolute Gasteiger partial charge is 0.413 e. The number of carbonyl (C=O) groups excluding carboxylic acids is 9. The number of amides is 9. The Morgan fingerprint density at radius 3 is 0.704 bits per heavy atom. The molecule has 0 bridgehead atoms. The normalized spacial score (nSPS) is 11.1. The van der Waals surface area contributed by atoms with Gasteiger partial charge in [0.15, 0.2) is 0 Å². The molecular formula is C104H129N17O14. The molecule has 9 N–H and O–H groups in total. The summed E-state index contributed by atoms with van der Waals surface area (Å²) in [5.74, 6) is -5.06. The van der Waals surface area contributed by atoms with Crippen LogP contribution in [-0.2, 0) is 11.3 Å². The fraction of sp³-hybridized carbons (Fsp3) is 0.413. The first-order chi connectivity index (χ1) is 65.9. The number of anilines is 8. The van der Waals surface area contributed by atoms with Gasteiger partial charge in [0.2, 0.25) is 0 Å².